The normalized spacial score (nSPS) is 16.9. The highest BCUT2D eigenvalue weighted by molar-refractivity contribution is 5.38. The number of halogens is 1. The fraction of sp³-hybridized carbons (Fsp3) is 0.364. The SMILES string of the molecule is C=CCCc1ccc2c(c1)CCC(c1ccc(CC)cc1F)C2. The molecule has 0 saturated carbocycles. The summed E-state index contributed by atoms with van der Waals surface area (Å²) in [4.78, 5) is 0. The quantitative estimate of drug-likeness (QED) is 0.614. The van der Waals surface area contributed by atoms with Crippen LogP contribution < -0.4 is 0 Å². The summed E-state index contributed by atoms with van der Waals surface area (Å²) < 4.78 is 14.4. The molecule has 0 N–H and O–H groups in total. The summed E-state index contributed by atoms with van der Waals surface area (Å²) in [5, 5.41) is 0. The van der Waals surface area contributed by atoms with E-state index in [1.54, 1.807) is 6.07 Å². The molecule has 1 aliphatic carbocycles. The van der Waals surface area contributed by atoms with Gasteiger partial charge in [-0.05, 0) is 78.3 Å². The third kappa shape index (κ3) is 3.55. The lowest BCUT2D eigenvalue weighted by atomic mass is 9.79. The van der Waals surface area contributed by atoms with Crippen molar-refractivity contribution in [1.29, 1.82) is 0 Å². The first kappa shape index (κ1) is 16.0. The maximum atomic E-state index is 14.4. The average Bonchev–Trinajstić information content (AvgIpc) is 2.59. The van der Waals surface area contributed by atoms with E-state index in [4.69, 9.17) is 0 Å². The van der Waals surface area contributed by atoms with E-state index in [2.05, 4.69) is 37.8 Å². The number of hydrogen-bond acceptors (Lipinski definition) is 0. The molecular formula is C22H25F. The highest BCUT2D eigenvalue weighted by atomic mass is 19.1. The van der Waals surface area contributed by atoms with Crippen LogP contribution >= 0.6 is 0 Å². The zero-order valence-electron chi connectivity index (χ0n) is 13.9. The van der Waals surface area contributed by atoms with Crippen molar-refractivity contribution in [2.45, 2.75) is 51.4 Å². The predicted molar refractivity (Wildman–Crippen MR) is 95.5 cm³/mol. The Hall–Kier alpha value is -1.89. The van der Waals surface area contributed by atoms with E-state index in [-0.39, 0.29) is 5.82 Å². The number of fused-ring (bicyclic) bond motifs is 1. The van der Waals surface area contributed by atoms with E-state index in [0.717, 1.165) is 49.7 Å². The summed E-state index contributed by atoms with van der Waals surface area (Å²) >= 11 is 0. The second-order valence-corrected chi connectivity index (χ2v) is 6.58. The Bertz CT molecular complexity index is 699. The maximum absolute atomic E-state index is 14.4. The minimum atomic E-state index is -0.0274. The number of aryl methyl sites for hydroxylation is 3. The van der Waals surface area contributed by atoms with Gasteiger partial charge in [-0.3, -0.25) is 0 Å². The first-order chi connectivity index (χ1) is 11.2. The van der Waals surface area contributed by atoms with Crippen molar-refractivity contribution < 1.29 is 4.39 Å². The van der Waals surface area contributed by atoms with Gasteiger partial charge in [0.1, 0.15) is 5.82 Å². The molecule has 0 nitrogen and oxygen atoms in total. The Morgan fingerprint density at radius 2 is 1.96 bits per heavy atom. The molecule has 0 fully saturated rings. The summed E-state index contributed by atoms with van der Waals surface area (Å²) in [6.45, 7) is 5.86. The minimum absolute atomic E-state index is 0.0274. The van der Waals surface area contributed by atoms with Gasteiger partial charge in [0.25, 0.3) is 0 Å². The smallest absolute Gasteiger partial charge is 0.126 e. The first-order valence-electron chi connectivity index (χ1n) is 8.71. The standard InChI is InChI=1S/C22H25F/c1-3-5-6-17-7-9-19-15-20(11-10-18(19)13-17)21-12-8-16(4-2)14-22(21)23/h3,7-9,12-14,20H,1,4-6,10-11,15H2,2H3. The van der Waals surface area contributed by atoms with Crippen LogP contribution in [0.25, 0.3) is 0 Å². The molecular weight excluding hydrogens is 283 g/mol. The molecule has 0 aliphatic heterocycles. The van der Waals surface area contributed by atoms with Gasteiger partial charge in [-0.25, -0.2) is 4.39 Å². The van der Waals surface area contributed by atoms with Gasteiger partial charge in [0, 0.05) is 0 Å². The van der Waals surface area contributed by atoms with Gasteiger partial charge in [0.15, 0.2) is 0 Å². The van der Waals surface area contributed by atoms with Crippen LogP contribution in [0.1, 0.15) is 53.5 Å². The topological polar surface area (TPSA) is 0 Å². The van der Waals surface area contributed by atoms with Crippen molar-refractivity contribution in [2.75, 3.05) is 0 Å². The number of benzene rings is 2. The van der Waals surface area contributed by atoms with Crippen LogP contribution in [0, 0.1) is 5.82 Å². The largest absolute Gasteiger partial charge is 0.207 e. The lowest BCUT2D eigenvalue weighted by Gasteiger charge is -2.26. The second-order valence-electron chi connectivity index (χ2n) is 6.58. The lowest BCUT2D eigenvalue weighted by Crippen LogP contribution is -2.14. The number of hydrogen-bond donors (Lipinski definition) is 0. The zero-order valence-corrected chi connectivity index (χ0v) is 13.9. The summed E-state index contributed by atoms with van der Waals surface area (Å²) in [7, 11) is 0. The first-order valence-corrected chi connectivity index (χ1v) is 8.71. The Kier molecular flexibility index (Phi) is 4.95. The van der Waals surface area contributed by atoms with Crippen LogP contribution in [0.5, 0.6) is 0 Å². The molecule has 1 aliphatic rings. The third-order valence-electron chi connectivity index (χ3n) is 5.05. The molecule has 0 amide bonds. The summed E-state index contributed by atoms with van der Waals surface area (Å²) in [5.41, 5.74) is 6.20. The molecule has 1 heteroatoms. The minimum Gasteiger partial charge on any atom is -0.207 e. The molecule has 120 valence electrons. The summed E-state index contributed by atoms with van der Waals surface area (Å²) in [6.07, 6.45) is 8.00. The van der Waals surface area contributed by atoms with Crippen molar-refractivity contribution in [3.8, 4) is 0 Å². The van der Waals surface area contributed by atoms with Crippen molar-refractivity contribution in [1.82, 2.24) is 0 Å². The molecule has 0 radical (unpaired) electrons. The van der Waals surface area contributed by atoms with Crippen LogP contribution in [0.4, 0.5) is 4.39 Å². The predicted octanol–water partition coefficient (Wildman–Crippen LogP) is 5.78. The van der Waals surface area contributed by atoms with Crippen LogP contribution in [-0.4, -0.2) is 0 Å². The Morgan fingerprint density at radius 1 is 1.13 bits per heavy atom. The van der Waals surface area contributed by atoms with Crippen LogP contribution in [-0.2, 0) is 25.7 Å². The van der Waals surface area contributed by atoms with E-state index >= 15 is 0 Å². The van der Waals surface area contributed by atoms with Gasteiger partial charge in [-0.2, -0.15) is 0 Å². The Labute approximate surface area is 139 Å². The van der Waals surface area contributed by atoms with Crippen molar-refractivity contribution in [3.63, 3.8) is 0 Å². The Morgan fingerprint density at radius 3 is 2.70 bits per heavy atom. The van der Waals surface area contributed by atoms with E-state index in [1.165, 1.54) is 16.7 Å². The molecule has 23 heavy (non-hydrogen) atoms. The molecule has 3 rings (SSSR count). The van der Waals surface area contributed by atoms with E-state index in [9.17, 15) is 4.39 Å². The van der Waals surface area contributed by atoms with Crippen LogP contribution in [0.2, 0.25) is 0 Å². The van der Waals surface area contributed by atoms with Gasteiger partial charge in [-0.15, -0.1) is 6.58 Å². The molecule has 1 unspecified atom stereocenters. The van der Waals surface area contributed by atoms with Crippen molar-refractivity contribution in [3.05, 3.63) is 82.7 Å². The summed E-state index contributed by atoms with van der Waals surface area (Å²) in [6, 6.07) is 12.6. The molecule has 0 saturated heterocycles. The molecule has 0 spiro atoms. The van der Waals surface area contributed by atoms with E-state index in [1.807, 2.05) is 12.1 Å². The van der Waals surface area contributed by atoms with Crippen molar-refractivity contribution in [2.24, 2.45) is 0 Å². The number of rotatable bonds is 5. The molecule has 1 atom stereocenters. The zero-order chi connectivity index (χ0) is 16.2. The van der Waals surface area contributed by atoms with Gasteiger partial charge >= 0.3 is 0 Å². The van der Waals surface area contributed by atoms with Gasteiger partial charge in [0.05, 0.1) is 0 Å². The van der Waals surface area contributed by atoms with Crippen molar-refractivity contribution >= 4 is 0 Å². The molecule has 2 aromatic rings. The monoisotopic (exact) mass is 308 g/mol. The highest BCUT2D eigenvalue weighted by Gasteiger charge is 2.22. The average molecular weight is 308 g/mol. The van der Waals surface area contributed by atoms with Gasteiger partial charge < -0.3 is 0 Å². The lowest BCUT2D eigenvalue weighted by molar-refractivity contribution is 0.533. The highest BCUT2D eigenvalue weighted by Crippen LogP contribution is 2.34. The van der Waals surface area contributed by atoms with E-state index in [0.29, 0.717) is 5.92 Å². The summed E-state index contributed by atoms with van der Waals surface area (Å²) in [5.74, 6) is 0.285. The Balaban J connectivity index is 1.79. The van der Waals surface area contributed by atoms with E-state index < -0.39 is 0 Å². The van der Waals surface area contributed by atoms with Crippen LogP contribution in [0.15, 0.2) is 49.1 Å². The van der Waals surface area contributed by atoms with Gasteiger partial charge in [0.2, 0.25) is 0 Å². The van der Waals surface area contributed by atoms with Gasteiger partial charge in [-0.1, -0.05) is 43.3 Å². The molecule has 2 aromatic carbocycles. The molecule has 0 aromatic heterocycles. The molecule has 0 heterocycles. The fourth-order valence-electron chi connectivity index (χ4n) is 3.62. The maximum Gasteiger partial charge on any atom is 0.126 e. The number of allylic oxidation sites excluding steroid dienone is 1. The fourth-order valence-corrected chi connectivity index (χ4v) is 3.62. The second kappa shape index (κ2) is 7.12. The molecule has 0 bridgehead atoms. The third-order valence-corrected chi connectivity index (χ3v) is 5.05. The van der Waals surface area contributed by atoms with Crippen LogP contribution in [0.3, 0.4) is 0 Å².